The fourth-order valence-corrected chi connectivity index (χ4v) is 13.8. The molecule has 392 valence electrons. The summed E-state index contributed by atoms with van der Waals surface area (Å²) in [6.45, 7) is 25.0. The molecule has 9 nitrogen and oxygen atoms in total. The van der Waals surface area contributed by atoms with E-state index < -0.39 is 25.7 Å². The van der Waals surface area contributed by atoms with Gasteiger partial charge in [-0.05, 0) is 93.5 Å². The third kappa shape index (κ3) is 14.4. The molecule has 10 heteroatoms. The lowest BCUT2D eigenvalue weighted by molar-refractivity contribution is -0.344. The molecule has 0 N–H and O–H groups in total. The summed E-state index contributed by atoms with van der Waals surface area (Å²) in [6.07, 6.45) is 22.4. The average molecular weight is 987 g/mol. The Balaban J connectivity index is 0.962. The van der Waals surface area contributed by atoms with Crippen LogP contribution in [0, 0.1) is 24.7 Å². The zero-order chi connectivity index (χ0) is 49.6. The minimum Gasteiger partial charge on any atom is -0.414 e. The van der Waals surface area contributed by atoms with Gasteiger partial charge in [-0.2, -0.15) is 0 Å². The molecule has 0 amide bonds. The van der Waals surface area contributed by atoms with Crippen LogP contribution in [0.1, 0.15) is 181 Å². The molecule has 0 bridgehead atoms. The molecule has 6 fully saturated rings. The number of ether oxygens (including phenoxy) is 8. The van der Waals surface area contributed by atoms with E-state index in [2.05, 4.69) is 135 Å². The summed E-state index contributed by atoms with van der Waals surface area (Å²) in [4.78, 5) is 0. The molecule has 3 spiro atoms. The Bertz CT molecular complexity index is 1910. The van der Waals surface area contributed by atoms with Crippen molar-refractivity contribution in [1.82, 2.24) is 0 Å². The smallest absolute Gasteiger partial charge is 0.192 e. The van der Waals surface area contributed by atoms with E-state index in [1.165, 1.54) is 16.7 Å². The van der Waals surface area contributed by atoms with Gasteiger partial charge in [0.1, 0.15) is 0 Å². The van der Waals surface area contributed by atoms with Crippen molar-refractivity contribution in [3.63, 3.8) is 0 Å². The largest absolute Gasteiger partial charge is 0.414 e. The molecule has 2 aromatic carbocycles. The van der Waals surface area contributed by atoms with Crippen LogP contribution in [-0.2, 0) is 55.5 Å². The van der Waals surface area contributed by atoms with E-state index in [4.69, 9.17) is 42.3 Å². The van der Waals surface area contributed by atoms with Crippen molar-refractivity contribution in [2.24, 2.45) is 17.8 Å². The van der Waals surface area contributed by atoms with Crippen molar-refractivity contribution in [1.29, 1.82) is 0 Å². The molecular formula is C60H94O9Si. The number of rotatable bonds is 20. The maximum absolute atomic E-state index is 7.53. The Kier molecular flexibility index (Phi) is 18.4. The second-order valence-corrected chi connectivity index (χ2v) is 29.5. The van der Waals surface area contributed by atoms with Crippen LogP contribution in [0.25, 0.3) is 0 Å². The Morgan fingerprint density at radius 2 is 1.17 bits per heavy atom. The SMILES string of the molecule is Cc1ccc(CO[C@@H](C(C)C)[C@@H](C)/C=C/[C@H]2C[C@@H](C[C@H](C[C@H]3C[C@H](C[C@@H]4C[C@H]([C@@H](C)COCc5ccccc5)OC5(CCCC5)O4)OC4(CCCC4)O3)O[Si](C)(C)C(C)(C)C)OC3(CCCC3)O2)cc1. The molecule has 0 aromatic heterocycles. The summed E-state index contributed by atoms with van der Waals surface area (Å²) >= 11 is 0. The van der Waals surface area contributed by atoms with E-state index in [9.17, 15) is 0 Å². The van der Waals surface area contributed by atoms with E-state index >= 15 is 0 Å². The normalized spacial score (nSPS) is 29.6. The molecule has 0 radical (unpaired) electrons. The summed E-state index contributed by atoms with van der Waals surface area (Å²) in [6, 6.07) is 19.2. The standard InChI is InChI=1S/C60H94O9Si/c1-43(2)56(62-42-48-25-22-44(3)23-26-48)45(4)24-27-49-34-50(64-58(63-49)28-14-15-29-58)37-54(69-70(9,10)57(6,7)8)38-52-35-51(65-59(66-52)30-16-17-31-59)36-53-39-55(68-60(67-53)32-18-19-33-60)46(5)40-61-41-47-20-12-11-13-21-47/h11-13,20-27,43,45-46,49-56H,14-19,28-42H2,1-10H3/b27-24+/t45-,46-,49-,50-,51+,52+,53+,54+,55+,56-/m0/s1. The molecule has 6 aliphatic rings. The molecule has 10 atom stereocenters. The minimum atomic E-state index is -2.19. The van der Waals surface area contributed by atoms with Crippen molar-refractivity contribution in [2.45, 2.75) is 269 Å². The monoisotopic (exact) mass is 987 g/mol. The molecule has 3 aliphatic heterocycles. The molecule has 3 saturated carbocycles. The first kappa shape index (κ1) is 54.3. The molecule has 0 unspecified atom stereocenters. The van der Waals surface area contributed by atoms with Crippen molar-refractivity contribution < 1.29 is 42.3 Å². The predicted molar refractivity (Wildman–Crippen MR) is 281 cm³/mol. The van der Waals surface area contributed by atoms with E-state index in [0.29, 0.717) is 25.7 Å². The summed E-state index contributed by atoms with van der Waals surface area (Å²) in [5.41, 5.74) is 3.68. The van der Waals surface area contributed by atoms with Crippen LogP contribution < -0.4 is 0 Å². The maximum atomic E-state index is 7.53. The highest BCUT2D eigenvalue weighted by atomic mass is 28.4. The highest BCUT2D eigenvalue weighted by Gasteiger charge is 2.51. The van der Waals surface area contributed by atoms with Gasteiger partial charge in [0.2, 0.25) is 0 Å². The van der Waals surface area contributed by atoms with Crippen molar-refractivity contribution in [3.05, 3.63) is 83.4 Å². The number of aryl methyl sites for hydroxylation is 1. The highest BCUT2D eigenvalue weighted by molar-refractivity contribution is 6.74. The first-order valence-electron chi connectivity index (χ1n) is 28.1. The number of hydrogen-bond donors (Lipinski definition) is 0. The lowest BCUT2D eigenvalue weighted by Gasteiger charge is -2.48. The number of benzene rings is 2. The minimum absolute atomic E-state index is 0.00942. The molecular weight excluding hydrogens is 893 g/mol. The Hall–Kier alpha value is -1.96. The van der Waals surface area contributed by atoms with Gasteiger partial charge >= 0.3 is 0 Å². The first-order valence-corrected chi connectivity index (χ1v) is 31.0. The zero-order valence-electron chi connectivity index (χ0n) is 45.2. The highest BCUT2D eigenvalue weighted by Crippen LogP contribution is 2.48. The van der Waals surface area contributed by atoms with Gasteiger partial charge in [0.25, 0.3) is 0 Å². The van der Waals surface area contributed by atoms with Crippen LogP contribution in [0.5, 0.6) is 0 Å². The maximum Gasteiger partial charge on any atom is 0.192 e. The van der Waals surface area contributed by atoms with Gasteiger partial charge in [0, 0.05) is 82.1 Å². The van der Waals surface area contributed by atoms with Crippen molar-refractivity contribution in [2.75, 3.05) is 6.61 Å². The summed E-state index contributed by atoms with van der Waals surface area (Å²) in [5.74, 6) is -0.732. The third-order valence-electron chi connectivity index (χ3n) is 17.2. The van der Waals surface area contributed by atoms with E-state index in [-0.39, 0.29) is 65.7 Å². The van der Waals surface area contributed by atoms with Crippen molar-refractivity contribution in [3.8, 4) is 0 Å². The second kappa shape index (κ2) is 23.7. The van der Waals surface area contributed by atoms with Gasteiger partial charge in [-0.15, -0.1) is 0 Å². The van der Waals surface area contributed by atoms with Gasteiger partial charge in [-0.3, -0.25) is 0 Å². The third-order valence-corrected chi connectivity index (χ3v) is 21.7. The van der Waals surface area contributed by atoms with Gasteiger partial charge < -0.3 is 42.3 Å². The lowest BCUT2D eigenvalue weighted by atomic mass is 9.90. The summed E-state index contributed by atoms with van der Waals surface area (Å²) < 4.78 is 63.0. The van der Waals surface area contributed by atoms with Gasteiger partial charge in [0.15, 0.2) is 25.7 Å². The van der Waals surface area contributed by atoms with Crippen molar-refractivity contribution >= 4 is 8.32 Å². The quantitative estimate of drug-likeness (QED) is 0.0951. The second-order valence-electron chi connectivity index (χ2n) is 24.8. The Morgan fingerprint density at radius 3 is 1.76 bits per heavy atom. The Morgan fingerprint density at radius 1 is 0.643 bits per heavy atom. The van der Waals surface area contributed by atoms with Crippen LogP contribution >= 0.6 is 0 Å². The molecule has 8 rings (SSSR count). The number of hydrogen-bond acceptors (Lipinski definition) is 9. The topological polar surface area (TPSA) is 83.1 Å². The van der Waals surface area contributed by atoms with Crippen LogP contribution in [-0.4, -0.2) is 81.1 Å². The van der Waals surface area contributed by atoms with Gasteiger partial charge in [0.05, 0.1) is 62.5 Å². The van der Waals surface area contributed by atoms with Crippen LogP contribution in [0.3, 0.4) is 0 Å². The van der Waals surface area contributed by atoms with E-state index in [0.717, 1.165) is 116 Å². The molecule has 70 heavy (non-hydrogen) atoms. The average Bonchev–Trinajstić information content (AvgIpc) is 4.07. The zero-order valence-corrected chi connectivity index (χ0v) is 46.2. The fourth-order valence-electron chi connectivity index (χ4n) is 12.4. The van der Waals surface area contributed by atoms with Crippen LogP contribution in [0.2, 0.25) is 18.1 Å². The van der Waals surface area contributed by atoms with Crippen LogP contribution in [0.4, 0.5) is 0 Å². The fraction of sp³-hybridized carbons (Fsp3) is 0.767. The van der Waals surface area contributed by atoms with E-state index in [1.54, 1.807) is 0 Å². The summed E-state index contributed by atoms with van der Waals surface area (Å²) in [7, 11) is -2.19. The van der Waals surface area contributed by atoms with E-state index in [1.807, 2.05) is 0 Å². The molecule has 3 aliphatic carbocycles. The van der Waals surface area contributed by atoms with Crippen LogP contribution in [0.15, 0.2) is 66.7 Å². The van der Waals surface area contributed by atoms with Gasteiger partial charge in [-0.1, -0.05) is 121 Å². The molecule has 3 heterocycles. The lowest BCUT2D eigenvalue weighted by Crippen LogP contribution is -2.53. The Labute approximate surface area is 425 Å². The molecule has 2 aromatic rings. The molecule has 3 saturated heterocycles. The van der Waals surface area contributed by atoms with Gasteiger partial charge in [-0.25, -0.2) is 0 Å². The first-order chi connectivity index (χ1) is 33.4. The summed E-state index contributed by atoms with van der Waals surface area (Å²) in [5, 5.41) is 0.0624. The predicted octanol–water partition coefficient (Wildman–Crippen LogP) is 14.5.